The van der Waals surface area contributed by atoms with Crippen LogP contribution < -0.4 is 26.4 Å². The van der Waals surface area contributed by atoms with Crippen LogP contribution in [0.15, 0.2) is 83.9 Å². The summed E-state index contributed by atoms with van der Waals surface area (Å²) in [6, 6.07) is 24.0. The topological polar surface area (TPSA) is 118 Å². The summed E-state index contributed by atoms with van der Waals surface area (Å²) in [5.41, 5.74) is 16.1. The number of benzene rings is 3. The first-order chi connectivity index (χ1) is 19.5. The van der Waals surface area contributed by atoms with Crippen molar-refractivity contribution in [2.24, 2.45) is 10.7 Å². The molecule has 0 atom stereocenters. The van der Waals surface area contributed by atoms with Gasteiger partial charge in [-0.25, -0.2) is 9.38 Å². The molecule has 1 fully saturated rings. The van der Waals surface area contributed by atoms with Gasteiger partial charge >= 0.3 is 0 Å². The molecule has 1 aromatic heterocycles. The minimum atomic E-state index is -0.346. The molecule has 9 nitrogen and oxygen atoms in total. The van der Waals surface area contributed by atoms with Crippen LogP contribution in [0, 0.1) is 5.82 Å². The van der Waals surface area contributed by atoms with Crippen LogP contribution in [0.4, 0.5) is 27.7 Å². The highest BCUT2D eigenvalue weighted by Gasteiger charge is 2.24. The van der Waals surface area contributed by atoms with E-state index in [0.717, 1.165) is 44.0 Å². The minimum Gasteiger partial charge on any atom is -0.497 e. The Morgan fingerprint density at radius 1 is 0.925 bits per heavy atom. The van der Waals surface area contributed by atoms with E-state index in [-0.39, 0.29) is 17.5 Å². The van der Waals surface area contributed by atoms with Crippen molar-refractivity contribution in [1.82, 2.24) is 14.9 Å². The molecule has 1 saturated heterocycles. The molecule has 10 heteroatoms. The number of anilines is 3. The molecule has 1 aliphatic heterocycles. The monoisotopic (exact) mass is 540 g/mol. The number of nitrogens with one attached hydrogen (secondary N) is 1. The number of halogens is 1. The van der Waals surface area contributed by atoms with Gasteiger partial charge in [0.1, 0.15) is 17.4 Å². The van der Waals surface area contributed by atoms with Crippen LogP contribution in [0.1, 0.15) is 16.7 Å². The quantitative estimate of drug-likeness (QED) is 0.214. The van der Waals surface area contributed by atoms with Crippen LogP contribution in [0.5, 0.6) is 5.75 Å². The van der Waals surface area contributed by atoms with Gasteiger partial charge in [-0.2, -0.15) is 9.97 Å². The Morgan fingerprint density at radius 3 is 2.30 bits per heavy atom. The van der Waals surface area contributed by atoms with Gasteiger partial charge in [0.05, 0.1) is 7.11 Å². The fourth-order valence-electron chi connectivity index (χ4n) is 4.56. The van der Waals surface area contributed by atoms with Gasteiger partial charge < -0.3 is 26.4 Å². The summed E-state index contributed by atoms with van der Waals surface area (Å²) in [5, 5.41) is 3.28. The number of nitrogens with two attached hydrogens (primary N) is 2. The summed E-state index contributed by atoms with van der Waals surface area (Å²) >= 11 is 0. The first kappa shape index (κ1) is 26.9. The lowest BCUT2D eigenvalue weighted by Crippen LogP contribution is -2.46. The van der Waals surface area contributed by atoms with Crippen molar-refractivity contribution in [1.29, 1.82) is 0 Å². The third kappa shape index (κ3) is 6.65. The number of hydrogen-bond acceptors (Lipinski definition) is 8. The number of aliphatic imine (C=N–C) groups is 1. The third-order valence-electron chi connectivity index (χ3n) is 6.80. The van der Waals surface area contributed by atoms with Crippen LogP contribution in [-0.2, 0) is 13.1 Å². The average Bonchev–Trinajstić information content (AvgIpc) is 2.99. The lowest BCUT2D eigenvalue weighted by atomic mass is 10.2. The Labute approximate surface area is 233 Å². The van der Waals surface area contributed by atoms with Crippen molar-refractivity contribution in [2.75, 3.05) is 49.2 Å². The van der Waals surface area contributed by atoms with Crippen molar-refractivity contribution in [3.63, 3.8) is 0 Å². The third-order valence-corrected chi connectivity index (χ3v) is 6.80. The van der Waals surface area contributed by atoms with Gasteiger partial charge in [-0.3, -0.25) is 4.90 Å². The second-order valence-electron chi connectivity index (χ2n) is 9.56. The molecule has 0 radical (unpaired) electrons. The fourth-order valence-corrected chi connectivity index (χ4v) is 4.56. The lowest BCUT2D eigenvalue weighted by molar-refractivity contribution is 0.249. The van der Waals surface area contributed by atoms with Crippen molar-refractivity contribution >= 4 is 29.1 Å². The second-order valence-corrected chi connectivity index (χ2v) is 9.56. The van der Waals surface area contributed by atoms with Crippen LogP contribution in [-0.4, -0.2) is 54.0 Å². The zero-order chi connectivity index (χ0) is 27.9. The van der Waals surface area contributed by atoms with E-state index in [9.17, 15) is 4.39 Å². The van der Waals surface area contributed by atoms with Gasteiger partial charge in [0.2, 0.25) is 5.95 Å². The molecule has 5 N–H and O–H groups in total. The number of ether oxygens (including phenoxy) is 1. The van der Waals surface area contributed by atoms with E-state index in [1.54, 1.807) is 19.2 Å². The van der Waals surface area contributed by atoms with Crippen LogP contribution in [0.2, 0.25) is 0 Å². The highest BCUT2D eigenvalue weighted by atomic mass is 19.1. The fraction of sp³-hybridized carbons (Fsp3) is 0.233. The maximum absolute atomic E-state index is 13.4. The zero-order valence-electron chi connectivity index (χ0n) is 22.4. The summed E-state index contributed by atoms with van der Waals surface area (Å²) in [6.07, 6.45) is 0. The van der Waals surface area contributed by atoms with Gasteiger partial charge in [-0.05, 0) is 47.5 Å². The molecular weight excluding hydrogens is 507 g/mol. The molecule has 0 bridgehead atoms. The van der Waals surface area contributed by atoms with E-state index in [1.807, 2.05) is 42.5 Å². The van der Waals surface area contributed by atoms with Crippen LogP contribution in [0.25, 0.3) is 0 Å². The molecule has 206 valence electrons. The van der Waals surface area contributed by atoms with Gasteiger partial charge in [0.15, 0.2) is 17.3 Å². The molecule has 0 aliphatic carbocycles. The molecule has 0 spiro atoms. The largest absolute Gasteiger partial charge is 0.497 e. The summed E-state index contributed by atoms with van der Waals surface area (Å²) in [5.74, 6) is 1.94. The van der Waals surface area contributed by atoms with E-state index < -0.39 is 0 Å². The van der Waals surface area contributed by atoms with Crippen molar-refractivity contribution in [3.8, 4) is 5.75 Å². The van der Waals surface area contributed by atoms with Crippen molar-refractivity contribution < 1.29 is 9.13 Å². The number of aromatic nitrogens is 2. The smallest absolute Gasteiger partial charge is 0.227 e. The number of methoxy groups -OCH3 is 1. The predicted molar refractivity (Wildman–Crippen MR) is 157 cm³/mol. The molecule has 40 heavy (non-hydrogen) atoms. The molecule has 1 aliphatic rings. The maximum Gasteiger partial charge on any atom is 0.227 e. The standard InChI is InChI=1S/C30H33FN8O/c1-40-25-13-7-22(8-14-25)20-38-15-17-39(18-16-38)29-26(35-27(32)23-9-11-24(31)12-10-23)28(33)36-30(37-29)34-19-21-5-3-2-4-6-21/h2-14H,15-20H2,1H3,(H2,32,35)(H3,33,34,36,37). The SMILES string of the molecule is COc1ccc(CN2CCN(c3nc(NCc4ccccc4)nc(N)c3N=C(N)c3ccc(F)cc3)CC2)cc1. The first-order valence-corrected chi connectivity index (χ1v) is 13.1. The van der Waals surface area contributed by atoms with E-state index >= 15 is 0 Å². The molecular formula is C30H33FN8O. The van der Waals surface area contributed by atoms with Gasteiger partial charge in [-0.15, -0.1) is 0 Å². The Hall–Kier alpha value is -4.70. The van der Waals surface area contributed by atoms with E-state index in [4.69, 9.17) is 21.2 Å². The molecule has 2 heterocycles. The Kier molecular flexibility index (Phi) is 8.36. The molecule has 0 unspecified atom stereocenters. The van der Waals surface area contributed by atoms with Gasteiger partial charge in [-0.1, -0.05) is 42.5 Å². The zero-order valence-corrected chi connectivity index (χ0v) is 22.4. The Balaban J connectivity index is 1.38. The minimum absolute atomic E-state index is 0.208. The Bertz CT molecular complexity index is 1440. The van der Waals surface area contributed by atoms with Crippen molar-refractivity contribution in [2.45, 2.75) is 13.1 Å². The molecule has 5 rings (SSSR count). The number of rotatable bonds is 9. The number of amidine groups is 1. The second kappa shape index (κ2) is 12.4. The van der Waals surface area contributed by atoms with E-state index in [0.29, 0.717) is 29.6 Å². The van der Waals surface area contributed by atoms with Crippen molar-refractivity contribution in [3.05, 3.63) is 101 Å². The van der Waals surface area contributed by atoms with Gasteiger partial charge in [0.25, 0.3) is 0 Å². The van der Waals surface area contributed by atoms with E-state index in [1.165, 1.54) is 17.7 Å². The molecule has 3 aromatic carbocycles. The normalized spacial score (nSPS) is 14.2. The van der Waals surface area contributed by atoms with Crippen LogP contribution >= 0.6 is 0 Å². The summed E-state index contributed by atoms with van der Waals surface area (Å²) in [7, 11) is 1.67. The van der Waals surface area contributed by atoms with Crippen LogP contribution in [0.3, 0.4) is 0 Å². The molecule has 0 saturated carbocycles. The summed E-state index contributed by atoms with van der Waals surface area (Å²) < 4.78 is 18.7. The number of piperazine rings is 1. The summed E-state index contributed by atoms with van der Waals surface area (Å²) in [6.45, 7) is 4.51. The lowest BCUT2D eigenvalue weighted by Gasteiger charge is -2.36. The number of nitrogens with zero attached hydrogens (tertiary/aromatic N) is 5. The summed E-state index contributed by atoms with van der Waals surface area (Å²) in [4.78, 5) is 18.5. The predicted octanol–water partition coefficient (Wildman–Crippen LogP) is 4.18. The number of hydrogen-bond donors (Lipinski definition) is 3. The van der Waals surface area contributed by atoms with E-state index in [2.05, 4.69) is 37.2 Å². The maximum atomic E-state index is 13.4. The van der Waals surface area contributed by atoms with Gasteiger partial charge in [0, 0.05) is 44.8 Å². The highest BCUT2D eigenvalue weighted by molar-refractivity contribution is 6.00. The molecule has 4 aromatic rings. The average molecular weight is 541 g/mol. The highest BCUT2D eigenvalue weighted by Crippen LogP contribution is 2.34. The number of nitrogen functional groups attached to an aromatic ring is 1. The first-order valence-electron chi connectivity index (χ1n) is 13.1. The molecule has 0 amide bonds. The Morgan fingerprint density at radius 2 is 1.62 bits per heavy atom.